The number of benzene rings is 1. The molecular formula is C18H29NO3. The van der Waals surface area contributed by atoms with Gasteiger partial charge in [-0.2, -0.15) is 0 Å². The van der Waals surface area contributed by atoms with Crippen molar-refractivity contribution in [2.24, 2.45) is 0 Å². The van der Waals surface area contributed by atoms with E-state index in [1.54, 1.807) is 0 Å². The van der Waals surface area contributed by atoms with Gasteiger partial charge in [-0.15, -0.1) is 0 Å². The van der Waals surface area contributed by atoms with Gasteiger partial charge in [0.1, 0.15) is 5.75 Å². The van der Waals surface area contributed by atoms with E-state index in [1.807, 2.05) is 32.9 Å². The van der Waals surface area contributed by atoms with Gasteiger partial charge in [-0.1, -0.05) is 12.1 Å². The summed E-state index contributed by atoms with van der Waals surface area (Å²) in [5.74, 6) is 0.918. The highest BCUT2D eigenvalue weighted by molar-refractivity contribution is 5.29. The third-order valence-electron chi connectivity index (χ3n) is 4.01. The molecule has 0 amide bonds. The number of likely N-dealkylation sites (tertiary alicyclic amines) is 1. The van der Waals surface area contributed by atoms with Crippen LogP contribution in [0.5, 0.6) is 5.75 Å². The maximum Gasteiger partial charge on any atom is 0.119 e. The molecule has 0 radical (unpaired) electrons. The predicted octanol–water partition coefficient (Wildman–Crippen LogP) is 3.01. The largest absolute Gasteiger partial charge is 0.494 e. The van der Waals surface area contributed by atoms with E-state index in [0.717, 1.165) is 18.7 Å². The topological polar surface area (TPSA) is 41.9 Å². The molecule has 1 heterocycles. The van der Waals surface area contributed by atoms with Crippen molar-refractivity contribution in [3.8, 4) is 5.75 Å². The zero-order valence-corrected chi connectivity index (χ0v) is 14.0. The van der Waals surface area contributed by atoms with Crippen molar-refractivity contribution >= 4 is 0 Å². The molecule has 22 heavy (non-hydrogen) atoms. The SMILES string of the molecule is CCOc1ccc(C2CCCN2CC(O)COC(C)C)cc1. The highest BCUT2D eigenvalue weighted by atomic mass is 16.5. The highest BCUT2D eigenvalue weighted by Gasteiger charge is 2.27. The first kappa shape index (κ1) is 17.3. The molecular weight excluding hydrogens is 278 g/mol. The van der Waals surface area contributed by atoms with Crippen LogP contribution in [0.25, 0.3) is 0 Å². The number of hydrogen-bond acceptors (Lipinski definition) is 4. The molecule has 1 aromatic carbocycles. The van der Waals surface area contributed by atoms with Gasteiger partial charge >= 0.3 is 0 Å². The number of ether oxygens (including phenoxy) is 2. The van der Waals surface area contributed by atoms with E-state index in [2.05, 4.69) is 17.0 Å². The van der Waals surface area contributed by atoms with E-state index in [-0.39, 0.29) is 6.10 Å². The van der Waals surface area contributed by atoms with Gasteiger partial charge in [0, 0.05) is 12.6 Å². The van der Waals surface area contributed by atoms with E-state index in [4.69, 9.17) is 9.47 Å². The molecule has 1 fully saturated rings. The predicted molar refractivity (Wildman–Crippen MR) is 88.3 cm³/mol. The van der Waals surface area contributed by atoms with E-state index >= 15 is 0 Å². The fourth-order valence-electron chi connectivity index (χ4n) is 3.00. The Morgan fingerprint density at radius 2 is 2.00 bits per heavy atom. The average molecular weight is 307 g/mol. The van der Waals surface area contributed by atoms with Gasteiger partial charge in [0.05, 0.1) is 25.4 Å². The summed E-state index contributed by atoms with van der Waals surface area (Å²) in [6.07, 6.45) is 2.06. The minimum absolute atomic E-state index is 0.162. The zero-order chi connectivity index (χ0) is 15.9. The second-order valence-electron chi connectivity index (χ2n) is 6.19. The number of rotatable bonds is 8. The standard InChI is InChI=1S/C18H29NO3/c1-4-21-17-9-7-15(8-10-17)18-6-5-11-19(18)12-16(20)13-22-14(2)3/h7-10,14,16,18,20H,4-6,11-13H2,1-3H3. The molecule has 124 valence electrons. The fraction of sp³-hybridized carbons (Fsp3) is 0.667. The molecule has 4 nitrogen and oxygen atoms in total. The van der Waals surface area contributed by atoms with Crippen LogP contribution < -0.4 is 4.74 Å². The number of nitrogens with zero attached hydrogens (tertiary/aromatic N) is 1. The molecule has 2 atom stereocenters. The second-order valence-corrected chi connectivity index (χ2v) is 6.19. The number of β-amino-alcohol motifs (C(OH)–C–C–N with tert-alkyl or cyclic N) is 1. The molecule has 0 aromatic heterocycles. The minimum atomic E-state index is -0.425. The normalized spacial score (nSPS) is 20.5. The first-order valence-electron chi connectivity index (χ1n) is 8.36. The Morgan fingerprint density at radius 3 is 2.64 bits per heavy atom. The van der Waals surface area contributed by atoms with Gasteiger partial charge < -0.3 is 14.6 Å². The first-order chi connectivity index (χ1) is 10.6. The summed E-state index contributed by atoms with van der Waals surface area (Å²) in [4.78, 5) is 2.37. The van der Waals surface area contributed by atoms with Gasteiger partial charge in [-0.05, 0) is 57.9 Å². The molecule has 1 N–H and O–H groups in total. The molecule has 4 heteroatoms. The molecule has 0 bridgehead atoms. The Balaban J connectivity index is 1.92. The van der Waals surface area contributed by atoms with Crippen LogP contribution in [0.15, 0.2) is 24.3 Å². The summed E-state index contributed by atoms with van der Waals surface area (Å²) in [6, 6.07) is 8.75. The second kappa shape index (κ2) is 8.51. The lowest BCUT2D eigenvalue weighted by Gasteiger charge is -2.27. The lowest BCUT2D eigenvalue weighted by atomic mass is 10.0. The lowest BCUT2D eigenvalue weighted by Crippen LogP contribution is -2.35. The van der Waals surface area contributed by atoms with Gasteiger partial charge in [0.15, 0.2) is 0 Å². The smallest absolute Gasteiger partial charge is 0.119 e. The van der Waals surface area contributed by atoms with Crippen molar-refractivity contribution < 1.29 is 14.6 Å². The Morgan fingerprint density at radius 1 is 1.27 bits per heavy atom. The Labute approximate surface area is 134 Å². The number of aliphatic hydroxyl groups excluding tert-OH is 1. The van der Waals surface area contributed by atoms with E-state index < -0.39 is 6.10 Å². The van der Waals surface area contributed by atoms with Crippen LogP contribution >= 0.6 is 0 Å². The summed E-state index contributed by atoms with van der Waals surface area (Å²) < 4.78 is 11.0. The maximum absolute atomic E-state index is 10.2. The summed E-state index contributed by atoms with van der Waals surface area (Å²) in [7, 11) is 0. The molecule has 1 saturated heterocycles. The molecule has 1 aromatic rings. The summed E-state index contributed by atoms with van der Waals surface area (Å²) in [5, 5.41) is 10.2. The molecule has 1 aliphatic rings. The molecule has 0 spiro atoms. The van der Waals surface area contributed by atoms with Crippen LogP contribution in [-0.2, 0) is 4.74 Å². The maximum atomic E-state index is 10.2. The third-order valence-corrected chi connectivity index (χ3v) is 4.01. The Hall–Kier alpha value is -1.10. The summed E-state index contributed by atoms with van der Waals surface area (Å²) >= 11 is 0. The van der Waals surface area contributed by atoms with Crippen LogP contribution in [0, 0.1) is 0 Å². The van der Waals surface area contributed by atoms with Gasteiger partial charge in [-0.3, -0.25) is 4.90 Å². The summed E-state index contributed by atoms with van der Waals surface area (Å²) in [6.45, 7) is 8.78. The number of hydrogen-bond donors (Lipinski definition) is 1. The van der Waals surface area contributed by atoms with Gasteiger partial charge in [0.25, 0.3) is 0 Å². The Kier molecular flexibility index (Phi) is 6.68. The van der Waals surface area contributed by atoms with Crippen molar-refractivity contribution in [3.63, 3.8) is 0 Å². The van der Waals surface area contributed by atoms with Crippen LogP contribution in [0.3, 0.4) is 0 Å². The summed E-state index contributed by atoms with van der Waals surface area (Å²) in [5.41, 5.74) is 1.30. The molecule has 1 aliphatic heterocycles. The van der Waals surface area contributed by atoms with Crippen LogP contribution in [0.1, 0.15) is 45.2 Å². The van der Waals surface area contributed by atoms with Crippen molar-refractivity contribution in [1.82, 2.24) is 4.90 Å². The number of aliphatic hydroxyl groups is 1. The molecule has 2 unspecified atom stereocenters. The monoisotopic (exact) mass is 307 g/mol. The molecule has 0 aliphatic carbocycles. The third kappa shape index (κ3) is 4.97. The quantitative estimate of drug-likeness (QED) is 0.801. The van der Waals surface area contributed by atoms with Crippen molar-refractivity contribution in [2.75, 3.05) is 26.3 Å². The van der Waals surface area contributed by atoms with Gasteiger partial charge in [0.2, 0.25) is 0 Å². The average Bonchev–Trinajstić information content (AvgIpc) is 2.94. The van der Waals surface area contributed by atoms with Gasteiger partial charge in [-0.25, -0.2) is 0 Å². The highest BCUT2D eigenvalue weighted by Crippen LogP contribution is 2.32. The van der Waals surface area contributed by atoms with Crippen molar-refractivity contribution in [3.05, 3.63) is 29.8 Å². The van der Waals surface area contributed by atoms with E-state index in [1.165, 1.54) is 12.0 Å². The first-order valence-corrected chi connectivity index (χ1v) is 8.36. The Bertz CT molecular complexity index is 432. The lowest BCUT2D eigenvalue weighted by molar-refractivity contribution is -0.0101. The van der Waals surface area contributed by atoms with Crippen LogP contribution in [-0.4, -0.2) is 48.5 Å². The van der Waals surface area contributed by atoms with Crippen molar-refractivity contribution in [1.29, 1.82) is 0 Å². The van der Waals surface area contributed by atoms with Crippen LogP contribution in [0.4, 0.5) is 0 Å². The fourth-order valence-corrected chi connectivity index (χ4v) is 3.00. The molecule has 0 saturated carbocycles. The minimum Gasteiger partial charge on any atom is -0.494 e. The zero-order valence-electron chi connectivity index (χ0n) is 14.0. The molecule has 2 rings (SSSR count). The van der Waals surface area contributed by atoms with E-state index in [9.17, 15) is 5.11 Å². The van der Waals surface area contributed by atoms with Crippen LogP contribution in [0.2, 0.25) is 0 Å². The van der Waals surface area contributed by atoms with E-state index in [0.29, 0.717) is 25.8 Å². The van der Waals surface area contributed by atoms with Crippen molar-refractivity contribution in [2.45, 2.75) is 51.9 Å².